The van der Waals surface area contributed by atoms with Gasteiger partial charge in [0.1, 0.15) is 24.7 Å². The summed E-state index contributed by atoms with van der Waals surface area (Å²) < 4.78 is 30.2. The molecule has 0 fully saturated rings. The molecule has 0 aliphatic carbocycles. The van der Waals surface area contributed by atoms with Crippen molar-refractivity contribution in [1.82, 2.24) is 9.80 Å². The third-order valence-electron chi connectivity index (χ3n) is 6.23. The lowest BCUT2D eigenvalue weighted by molar-refractivity contribution is -0.135. The fourth-order valence-corrected chi connectivity index (χ4v) is 5.33. The van der Waals surface area contributed by atoms with Crippen LogP contribution in [0.25, 0.3) is 0 Å². The van der Waals surface area contributed by atoms with E-state index in [0.717, 1.165) is 12.0 Å². The predicted octanol–water partition coefficient (Wildman–Crippen LogP) is 4.28. The van der Waals surface area contributed by atoms with Crippen LogP contribution in [0.3, 0.4) is 0 Å². The average molecular weight is 497 g/mol. The van der Waals surface area contributed by atoms with Crippen molar-refractivity contribution in [2.45, 2.75) is 19.4 Å². The smallest absolute Gasteiger partial charge is 0.254 e. The molecule has 2 aliphatic heterocycles. The van der Waals surface area contributed by atoms with Crippen molar-refractivity contribution < 1.29 is 28.2 Å². The summed E-state index contributed by atoms with van der Waals surface area (Å²) in [5.41, 5.74) is 1.48. The van der Waals surface area contributed by atoms with Gasteiger partial charge in [0.2, 0.25) is 12.7 Å². The molecule has 0 radical (unpaired) electrons. The Balaban J connectivity index is 1.32. The maximum absolute atomic E-state index is 13.6. The van der Waals surface area contributed by atoms with Crippen molar-refractivity contribution in [2.24, 2.45) is 0 Å². The van der Waals surface area contributed by atoms with E-state index in [-0.39, 0.29) is 43.6 Å². The van der Waals surface area contributed by atoms with Crippen LogP contribution >= 0.6 is 11.3 Å². The Morgan fingerprint density at radius 2 is 2.03 bits per heavy atom. The van der Waals surface area contributed by atoms with Gasteiger partial charge in [-0.05, 0) is 60.7 Å². The second kappa shape index (κ2) is 9.95. The van der Waals surface area contributed by atoms with Crippen LogP contribution in [0.4, 0.5) is 4.39 Å². The zero-order valence-electron chi connectivity index (χ0n) is 19.2. The number of hydrogen-bond donors (Lipinski definition) is 0. The summed E-state index contributed by atoms with van der Waals surface area (Å²) in [4.78, 5) is 31.2. The Morgan fingerprint density at radius 1 is 1.17 bits per heavy atom. The summed E-state index contributed by atoms with van der Waals surface area (Å²) in [6, 6.07) is 12.7. The normalized spacial score (nSPS) is 16.1. The van der Waals surface area contributed by atoms with E-state index in [9.17, 15) is 14.0 Å². The molecule has 0 saturated carbocycles. The van der Waals surface area contributed by atoms with Gasteiger partial charge in [0.15, 0.2) is 11.5 Å². The molecule has 3 heterocycles. The Labute approximate surface area is 206 Å². The molecule has 0 saturated heterocycles. The first-order valence-electron chi connectivity index (χ1n) is 11.5. The summed E-state index contributed by atoms with van der Waals surface area (Å²) in [5, 5.41) is 2.01. The van der Waals surface area contributed by atoms with Gasteiger partial charge >= 0.3 is 0 Å². The third kappa shape index (κ3) is 4.81. The van der Waals surface area contributed by atoms with E-state index in [1.54, 1.807) is 46.6 Å². The lowest BCUT2D eigenvalue weighted by Gasteiger charge is -2.37. The van der Waals surface area contributed by atoms with Crippen LogP contribution in [0.1, 0.15) is 33.8 Å². The van der Waals surface area contributed by atoms with Gasteiger partial charge in [-0.15, -0.1) is 11.3 Å². The number of amides is 2. The predicted molar refractivity (Wildman–Crippen MR) is 129 cm³/mol. The number of nitrogens with zero attached hydrogens (tertiary/aromatic N) is 2. The molecule has 182 valence electrons. The molecule has 5 rings (SSSR count). The SMILES string of the molecule is CCN(CC(=O)N1CCc2sccc2[C@@H]1COc1cccc(F)c1)C(=O)c1ccc2c(c1)OCO2. The van der Waals surface area contributed by atoms with Gasteiger partial charge in [-0.2, -0.15) is 0 Å². The second-order valence-electron chi connectivity index (χ2n) is 8.31. The van der Waals surface area contributed by atoms with Crippen molar-refractivity contribution in [1.29, 1.82) is 0 Å². The van der Waals surface area contributed by atoms with Crippen molar-refractivity contribution in [3.8, 4) is 17.2 Å². The summed E-state index contributed by atoms with van der Waals surface area (Å²) in [6.07, 6.45) is 0.747. The molecular weight excluding hydrogens is 471 g/mol. The number of halogens is 1. The van der Waals surface area contributed by atoms with Gasteiger partial charge in [0.25, 0.3) is 5.91 Å². The van der Waals surface area contributed by atoms with E-state index >= 15 is 0 Å². The van der Waals surface area contributed by atoms with Crippen LogP contribution in [0.15, 0.2) is 53.9 Å². The van der Waals surface area contributed by atoms with E-state index in [2.05, 4.69) is 0 Å². The number of rotatable bonds is 7. The second-order valence-corrected chi connectivity index (χ2v) is 9.31. The number of carbonyl (C=O) groups is 2. The number of ether oxygens (including phenoxy) is 3. The Hall–Kier alpha value is -3.59. The summed E-state index contributed by atoms with van der Waals surface area (Å²) in [5.74, 6) is 0.741. The van der Waals surface area contributed by atoms with Crippen molar-refractivity contribution in [3.63, 3.8) is 0 Å². The molecule has 0 N–H and O–H groups in total. The zero-order chi connectivity index (χ0) is 24.4. The molecule has 9 heteroatoms. The number of fused-ring (bicyclic) bond motifs is 2. The fourth-order valence-electron chi connectivity index (χ4n) is 4.40. The van der Waals surface area contributed by atoms with E-state index in [1.807, 2.05) is 18.4 Å². The first-order chi connectivity index (χ1) is 17.0. The van der Waals surface area contributed by atoms with Gasteiger partial charge in [-0.1, -0.05) is 6.07 Å². The third-order valence-corrected chi connectivity index (χ3v) is 7.23. The van der Waals surface area contributed by atoms with E-state index < -0.39 is 0 Å². The highest BCUT2D eigenvalue weighted by Crippen LogP contribution is 2.35. The first-order valence-corrected chi connectivity index (χ1v) is 12.3. The number of hydrogen-bond acceptors (Lipinski definition) is 6. The lowest BCUT2D eigenvalue weighted by atomic mass is 10.0. The van der Waals surface area contributed by atoms with Crippen LogP contribution in [0, 0.1) is 5.82 Å². The van der Waals surface area contributed by atoms with Crippen molar-refractivity contribution in [3.05, 3.63) is 75.7 Å². The molecule has 0 unspecified atom stereocenters. The van der Waals surface area contributed by atoms with E-state index in [1.165, 1.54) is 21.9 Å². The molecule has 0 spiro atoms. The Bertz CT molecular complexity index is 1250. The standard InChI is InChI=1S/C26H25FN2O5S/c1-2-28(26(31)17-6-7-22-23(12-17)34-16-33-22)14-25(30)29-10-8-24-20(9-11-35-24)21(29)15-32-19-5-3-4-18(27)13-19/h3-7,9,11-13,21H,2,8,10,14-16H2,1H3/t21-/m0/s1. The monoisotopic (exact) mass is 496 g/mol. The first kappa shape index (κ1) is 23.2. The highest BCUT2D eigenvalue weighted by Gasteiger charge is 2.33. The minimum absolute atomic E-state index is 0.0558. The molecule has 0 bridgehead atoms. The van der Waals surface area contributed by atoms with Crippen LogP contribution in [0.2, 0.25) is 0 Å². The quantitative estimate of drug-likeness (QED) is 0.488. The number of likely N-dealkylation sites (N-methyl/N-ethyl adjacent to an activating group) is 1. The number of carbonyl (C=O) groups excluding carboxylic acids is 2. The van der Waals surface area contributed by atoms with Crippen LogP contribution in [-0.2, 0) is 11.2 Å². The molecule has 3 aromatic rings. The van der Waals surface area contributed by atoms with E-state index in [4.69, 9.17) is 14.2 Å². The molecule has 2 aliphatic rings. The minimum atomic E-state index is -0.379. The molecule has 2 aromatic carbocycles. The van der Waals surface area contributed by atoms with Gasteiger partial charge in [0.05, 0.1) is 6.04 Å². The molecule has 35 heavy (non-hydrogen) atoms. The Kier molecular flexibility index (Phi) is 6.59. The molecule has 1 atom stereocenters. The van der Waals surface area contributed by atoms with Gasteiger partial charge in [-0.25, -0.2) is 4.39 Å². The van der Waals surface area contributed by atoms with Crippen molar-refractivity contribution in [2.75, 3.05) is 33.0 Å². The van der Waals surface area contributed by atoms with Gasteiger partial charge < -0.3 is 24.0 Å². The highest BCUT2D eigenvalue weighted by molar-refractivity contribution is 7.10. The molecule has 7 nitrogen and oxygen atoms in total. The zero-order valence-corrected chi connectivity index (χ0v) is 20.1. The summed E-state index contributed by atoms with van der Waals surface area (Å²) in [7, 11) is 0. The Morgan fingerprint density at radius 3 is 2.86 bits per heavy atom. The average Bonchev–Trinajstić information content (AvgIpc) is 3.54. The van der Waals surface area contributed by atoms with Crippen LogP contribution in [-0.4, -0.2) is 54.6 Å². The molecular formula is C26H25FN2O5S. The van der Waals surface area contributed by atoms with Gasteiger partial charge in [-0.3, -0.25) is 9.59 Å². The topological polar surface area (TPSA) is 68.3 Å². The summed E-state index contributed by atoms with van der Waals surface area (Å²) >= 11 is 1.66. The van der Waals surface area contributed by atoms with Crippen molar-refractivity contribution >= 4 is 23.2 Å². The van der Waals surface area contributed by atoms with Crippen LogP contribution < -0.4 is 14.2 Å². The number of thiophene rings is 1. The van der Waals surface area contributed by atoms with Gasteiger partial charge in [0, 0.05) is 29.6 Å². The minimum Gasteiger partial charge on any atom is -0.491 e. The largest absolute Gasteiger partial charge is 0.491 e. The highest BCUT2D eigenvalue weighted by atomic mass is 32.1. The van der Waals surface area contributed by atoms with Crippen LogP contribution in [0.5, 0.6) is 17.2 Å². The maximum atomic E-state index is 13.6. The molecule has 2 amide bonds. The fraction of sp³-hybridized carbons (Fsp3) is 0.308. The number of benzene rings is 2. The van der Waals surface area contributed by atoms with E-state index in [0.29, 0.717) is 35.9 Å². The summed E-state index contributed by atoms with van der Waals surface area (Å²) in [6.45, 7) is 3.01. The maximum Gasteiger partial charge on any atom is 0.254 e. The molecule has 1 aromatic heterocycles. The lowest BCUT2D eigenvalue weighted by Crippen LogP contribution is -2.47.